The molecule has 3 nitrogen and oxygen atoms in total. The van der Waals surface area contributed by atoms with E-state index in [1.165, 1.54) is 0 Å². The predicted octanol–water partition coefficient (Wildman–Crippen LogP) is 5.32. The van der Waals surface area contributed by atoms with Gasteiger partial charge in [-0.15, -0.1) is 0 Å². The molecule has 0 amide bonds. The van der Waals surface area contributed by atoms with Crippen molar-refractivity contribution in [3.8, 4) is 0 Å². The number of halogens is 6. The Morgan fingerprint density at radius 2 is 1.55 bits per heavy atom. The molecule has 1 aliphatic heterocycles. The van der Waals surface area contributed by atoms with Crippen LogP contribution < -0.4 is 5.32 Å². The summed E-state index contributed by atoms with van der Waals surface area (Å²) < 4.78 is 89.5. The van der Waals surface area contributed by atoms with Gasteiger partial charge in [-0.25, -0.2) is 0 Å². The molecule has 1 heterocycles. The maximum atomic E-state index is 13.0. The van der Waals surface area contributed by atoms with E-state index in [-0.39, 0.29) is 17.7 Å². The summed E-state index contributed by atoms with van der Waals surface area (Å²) in [6.07, 6.45) is -10.9. The van der Waals surface area contributed by atoms with Gasteiger partial charge in [-0.3, -0.25) is 0 Å². The highest BCUT2D eigenvalue weighted by atomic mass is 19.4. The fourth-order valence-corrected chi connectivity index (χ4v) is 3.10. The zero-order valence-corrected chi connectivity index (χ0v) is 15.3. The van der Waals surface area contributed by atoms with Crippen molar-refractivity contribution < 1.29 is 35.8 Å². The van der Waals surface area contributed by atoms with Crippen LogP contribution in [0, 0.1) is 0 Å². The van der Waals surface area contributed by atoms with Crippen LogP contribution >= 0.6 is 0 Å². The maximum Gasteiger partial charge on any atom is 0.416 e. The van der Waals surface area contributed by atoms with Gasteiger partial charge in [-0.1, -0.05) is 30.3 Å². The molecule has 3 unspecified atom stereocenters. The molecule has 1 N–H and O–H groups in total. The lowest BCUT2D eigenvalue weighted by molar-refractivity contribution is -0.208. The Morgan fingerprint density at radius 3 is 2.10 bits per heavy atom. The molecule has 0 saturated carbocycles. The summed E-state index contributed by atoms with van der Waals surface area (Å²) in [7, 11) is 0. The highest BCUT2D eigenvalue weighted by molar-refractivity contribution is 5.33. The predicted molar refractivity (Wildman–Crippen MR) is 92.8 cm³/mol. The second kappa shape index (κ2) is 8.33. The maximum absolute atomic E-state index is 13.0. The second-order valence-electron chi connectivity index (χ2n) is 6.84. The lowest BCUT2D eigenvalue weighted by Gasteiger charge is -2.36. The van der Waals surface area contributed by atoms with Crippen LogP contribution in [0.4, 0.5) is 26.3 Å². The largest absolute Gasteiger partial charge is 0.416 e. The van der Waals surface area contributed by atoms with E-state index in [0.29, 0.717) is 18.7 Å². The molecule has 0 aliphatic carbocycles. The van der Waals surface area contributed by atoms with E-state index in [0.717, 1.165) is 5.56 Å². The molecule has 158 valence electrons. The summed E-state index contributed by atoms with van der Waals surface area (Å²) in [5.41, 5.74) is -2.15. The van der Waals surface area contributed by atoms with E-state index >= 15 is 0 Å². The summed E-state index contributed by atoms with van der Waals surface area (Å²) in [5, 5.41) is 3.23. The third kappa shape index (κ3) is 5.49. The van der Waals surface area contributed by atoms with Crippen molar-refractivity contribution in [2.45, 2.75) is 44.3 Å². The van der Waals surface area contributed by atoms with Gasteiger partial charge in [0, 0.05) is 6.54 Å². The minimum absolute atomic E-state index is 0.0943. The van der Waals surface area contributed by atoms with E-state index in [9.17, 15) is 26.3 Å². The highest BCUT2D eigenvalue weighted by Crippen LogP contribution is 2.36. The molecule has 29 heavy (non-hydrogen) atoms. The number of nitrogens with one attached hydrogen (secondary N) is 1. The van der Waals surface area contributed by atoms with Gasteiger partial charge < -0.3 is 14.8 Å². The van der Waals surface area contributed by atoms with Crippen molar-refractivity contribution in [3.05, 3.63) is 70.8 Å². The molecule has 2 aromatic rings. The lowest BCUT2D eigenvalue weighted by atomic mass is 10.0. The number of alkyl halides is 6. The molecule has 0 radical (unpaired) electrons. The number of ether oxygens (including phenoxy) is 2. The average Bonchev–Trinajstić information content (AvgIpc) is 2.65. The molecule has 3 rings (SSSR count). The van der Waals surface area contributed by atoms with E-state index < -0.39 is 42.4 Å². The van der Waals surface area contributed by atoms with Crippen molar-refractivity contribution in [1.29, 1.82) is 0 Å². The molecular weight excluding hydrogens is 400 g/mol. The van der Waals surface area contributed by atoms with Gasteiger partial charge in [0.05, 0.1) is 29.9 Å². The first kappa shape index (κ1) is 21.6. The van der Waals surface area contributed by atoms with Crippen LogP contribution in [-0.2, 0) is 28.4 Å². The number of hydrogen-bond donors (Lipinski definition) is 1. The number of hydrogen-bond acceptors (Lipinski definition) is 3. The molecule has 3 atom stereocenters. The first-order valence-corrected chi connectivity index (χ1v) is 8.88. The van der Waals surface area contributed by atoms with Crippen molar-refractivity contribution in [3.63, 3.8) is 0 Å². The monoisotopic (exact) mass is 419 g/mol. The Balaban J connectivity index is 1.83. The summed E-state index contributed by atoms with van der Waals surface area (Å²) in [4.78, 5) is 0. The molecule has 1 fully saturated rings. The molecule has 0 bridgehead atoms. The quantitative estimate of drug-likeness (QED) is 0.681. The fourth-order valence-electron chi connectivity index (χ4n) is 3.10. The minimum atomic E-state index is -4.90. The van der Waals surface area contributed by atoms with Gasteiger partial charge in [0.25, 0.3) is 0 Å². The molecule has 2 aromatic carbocycles. The molecule has 0 spiro atoms. The highest BCUT2D eigenvalue weighted by Gasteiger charge is 2.37. The Labute approximate surface area is 163 Å². The molecular formula is C20H19F6NO2. The molecule has 1 saturated heterocycles. The SMILES string of the molecule is CC1CNC(c2ccccc2)C(OCc2cc(C(F)(F)F)cc(C(F)(F)F)c2)O1. The Kier molecular flexibility index (Phi) is 6.21. The summed E-state index contributed by atoms with van der Waals surface area (Å²) in [6, 6.07) is 10.1. The van der Waals surface area contributed by atoms with Crippen LogP contribution in [-0.4, -0.2) is 18.9 Å². The van der Waals surface area contributed by atoms with E-state index in [1.54, 1.807) is 6.92 Å². The van der Waals surface area contributed by atoms with E-state index in [1.807, 2.05) is 30.3 Å². The van der Waals surface area contributed by atoms with Gasteiger partial charge in [0.1, 0.15) is 0 Å². The molecule has 9 heteroatoms. The van der Waals surface area contributed by atoms with Crippen molar-refractivity contribution in [2.75, 3.05) is 6.54 Å². The van der Waals surface area contributed by atoms with Gasteiger partial charge in [-0.05, 0) is 36.2 Å². The topological polar surface area (TPSA) is 30.5 Å². The van der Waals surface area contributed by atoms with E-state index in [2.05, 4.69) is 5.32 Å². The summed E-state index contributed by atoms with van der Waals surface area (Å²) >= 11 is 0. The van der Waals surface area contributed by atoms with Crippen molar-refractivity contribution in [1.82, 2.24) is 5.32 Å². The second-order valence-corrected chi connectivity index (χ2v) is 6.84. The smallest absolute Gasteiger partial charge is 0.346 e. The van der Waals surface area contributed by atoms with E-state index in [4.69, 9.17) is 9.47 Å². The summed E-state index contributed by atoms with van der Waals surface area (Å²) in [6.45, 7) is 1.85. The minimum Gasteiger partial charge on any atom is -0.346 e. The average molecular weight is 419 g/mol. The standard InChI is InChI=1S/C20H19F6NO2/c1-12-10-27-17(14-5-3-2-4-6-14)18(29-12)28-11-13-7-15(19(21,22)23)9-16(8-13)20(24,25)26/h2-9,12,17-18,27H,10-11H2,1H3. The first-order chi connectivity index (χ1) is 13.5. The molecule has 1 aliphatic rings. The van der Waals surface area contributed by atoms with Gasteiger partial charge in [-0.2, -0.15) is 26.3 Å². The van der Waals surface area contributed by atoms with Gasteiger partial charge in [0.2, 0.25) is 0 Å². The van der Waals surface area contributed by atoms with Crippen LogP contribution in [0.3, 0.4) is 0 Å². The number of rotatable bonds is 4. The molecule has 0 aromatic heterocycles. The first-order valence-electron chi connectivity index (χ1n) is 8.88. The van der Waals surface area contributed by atoms with Crippen LogP contribution in [0.5, 0.6) is 0 Å². The Hall–Kier alpha value is -2.10. The fraction of sp³-hybridized carbons (Fsp3) is 0.400. The van der Waals surface area contributed by atoms with Crippen LogP contribution in [0.25, 0.3) is 0 Å². The third-order valence-corrected chi connectivity index (χ3v) is 4.48. The zero-order chi connectivity index (χ0) is 21.2. The Morgan fingerprint density at radius 1 is 0.966 bits per heavy atom. The van der Waals surface area contributed by atoms with Crippen molar-refractivity contribution >= 4 is 0 Å². The zero-order valence-electron chi connectivity index (χ0n) is 15.3. The van der Waals surface area contributed by atoms with Crippen molar-refractivity contribution in [2.24, 2.45) is 0 Å². The normalized spacial score (nSPS) is 23.2. The number of benzene rings is 2. The summed E-state index contributed by atoms with van der Waals surface area (Å²) in [5.74, 6) is 0. The van der Waals surface area contributed by atoms with Crippen LogP contribution in [0.15, 0.2) is 48.5 Å². The number of morpholine rings is 1. The van der Waals surface area contributed by atoms with Gasteiger partial charge >= 0.3 is 12.4 Å². The van der Waals surface area contributed by atoms with Crippen LogP contribution in [0.1, 0.15) is 35.2 Å². The Bertz CT molecular complexity index is 790. The third-order valence-electron chi connectivity index (χ3n) is 4.48. The van der Waals surface area contributed by atoms with Gasteiger partial charge in [0.15, 0.2) is 6.29 Å². The lowest BCUT2D eigenvalue weighted by Crippen LogP contribution is -2.47. The van der Waals surface area contributed by atoms with Crippen LogP contribution in [0.2, 0.25) is 0 Å².